The third-order valence-corrected chi connectivity index (χ3v) is 2.62. The molecule has 0 saturated heterocycles. The summed E-state index contributed by atoms with van der Waals surface area (Å²) in [4.78, 5) is 23.2. The van der Waals surface area contributed by atoms with Crippen LogP contribution in [0.15, 0.2) is 9.59 Å². The predicted octanol–water partition coefficient (Wildman–Crippen LogP) is -0.843. The standard InChI is InChI=1S/C9H12N2O3/c1-10-7-3-4-14-5-6(7)8(12)11(2)9(10)13/h3-5H2,1-2H3. The molecule has 0 radical (unpaired) electrons. The fourth-order valence-electron chi connectivity index (χ4n) is 1.76. The van der Waals surface area contributed by atoms with E-state index in [1.807, 2.05) is 0 Å². The van der Waals surface area contributed by atoms with E-state index in [-0.39, 0.29) is 11.2 Å². The van der Waals surface area contributed by atoms with Crippen LogP contribution in [0.2, 0.25) is 0 Å². The highest BCUT2D eigenvalue weighted by molar-refractivity contribution is 5.19. The van der Waals surface area contributed by atoms with E-state index in [2.05, 4.69) is 0 Å². The van der Waals surface area contributed by atoms with E-state index < -0.39 is 0 Å². The number of rotatable bonds is 0. The lowest BCUT2D eigenvalue weighted by molar-refractivity contribution is 0.105. The lowest BCUT2D eigenvalue weighted by Crippen LogP contribution is -2.42. The fourth-order valence-corrected chi connectivity index (χ4v) is 1.76. The van der Waals surface area contributed by atoms with Crippen LogP contribution in [-0.2, 0) is 31.9 Å². The summed E-state index contributed by atoms with van der Waals surface area (Å²) in [5.41, 5.74) is 0.920. The zero-order chi connectivity index (χ0) is 10.3. The monoisotopic (exact) mass is 196 g/mol. The molecule has 0 spiro atoms. The lowest BCUT2D eigenvalue weighted by Gasteiger charge is -2.19. The molecule has 0 N–H and O–H groups in total. The minimum atomic E-state index is -0.268. The molecular formula is C9H12N2O3. The average molecular weight is 196 g/mol. The maximum Gasteiger partial charge on any atom is 0.330 e. The zero-order valence-electron chi connectivity index (χ0n) is 8.24. The van der Waals surface area contributed by atoms with Gasteiger partial charge >= 0.3 is 5.69 Å². The Labute approximate surface area is 80.5 Å². The molecule has 0 aliphatic carbocycles. The van der Waals surface area contributed by atoms with Crippen LogP contribution in [0.4, 0.5) is 0 Å². The summed E-state index contributed by atoms with van der Waals surface area (Å²) < 4.78 is 7.84. The van der Waals surface area contributed by atoms with Crippen LogP contribution >= 0.6 is 0 Å². The highest BCUT2D eigenvalue weighted by Gasteiger charge is 2.18. The van der Waals surface area contributed by atoms with E-state index in [1.54, 1.807) is 7.05 Å². The van der Waals surface area contributed by atoms with Crippen molar-refractivity contribution in [3.63, 3.8) is 0 Å². The average Bonchev–Trinajstić information content (AvgIpc) is 2.23. The first kappa shape index (κ1) is 9.21. The van der Waals surface area contributed by atoms with Crippen molar-refractivity contribution in [2.24, 2.45) is 14.1 Å². The van der Waals surface area contributed by atoms with Gasteiger partial charge in [-0.2, -0.15) is 0 Å². The molecule has 0 amide bonds. The molecule has 1 aromatic rings. The normalized spacial score (nSPS) is 15.3. The van der Waals surface area contributed by atoms with E-state index in [4.69, 9.17) is 4.74 Å². The molecule has 0 unspecified atom stereocenters. The maximum atomic E-state index is 11.7. The highest BCUT2D eigenvalue weighted by Crippen LogP contribution is 2.09. The van der Waals surface area contributed by atoms with Crippen molar-refractivity contribution in [2.75, 3.05) is 6.61 Å². The van der Waals surface area contributed by atoms with Crippen LogP contribution < -0.4 is 11.2 Å². The summed E-state index contributed by atoms with van der Waals surface area (Å²) in [6.07, 6.45) is 0.636. The van der Waals surface area contributed by atoms with Crippen molar-refractivity contribution in [3.8, 4) is 0 Å². The van der Waals surface area contributed by atoms with Gasteiger partial charge in [0.1, 0.15) is 0 Å². The Morgan fingerprint density at radius 2 is 1.93 bits per heavy atom. The van der Waals surface area contributed by atoms with E-state index >= 15 is 0 Å². The quantitative estimate of drug-likeness (QED) is 0.543. The number of ether oxygens (including phenoxy) is 1. The Hall–Kier alpha value is -1.36. The lowest BCUT2D eigenvalue weighted by atomic mass is 10.1. The molecule has 1 aliphatic rings. The van der Waals surface area contributed by atoms with E-state index in [9.17, 15) is 9.59 Å². The molecule has 5 heteroatoms. The molecule has 2 rings (SSSR count). The van der Waals surface area contributed by atoms with Crippen LogP contribution in [0, 0.1) is 0 Å². The van der Waals surface area contributed by atoms with Crippen LogP contribution in [-0.4, -0.2) is 15.7 Å². The van der Waals surface area contributed by atoms with Crippen LogP contribution in [0.25, 0.3) is 0 Å². The Balaban J connectivity index is 2.85. The van der Waals surface area contributed by atoms with Gasteiger partial charge in [-0.1, -0.05) is 0 Å². The first-order valence-electron chi connectivity index (χ1n) is 4.48. The van der Waals surface area contributed by atoms with Crippen molar-refractivity contribution < 1.29 is 4.74 Å². The van der Waals surface area contributed by atoms with Gasteiger partial charge in [0.25, 0.3) is 5.56 Å². The smallest absolute Gasteiger partial charge is 0.330 e. The highest BCUT2D eigenvalue weighted by atomic mass is 16.5. The molecule has 14 heavy (non-hydrogen) atoms. The van der Waals surface area contributed by atoms with Crippen LogP contribution in [0.3, 0.4) is 0 Å². The Morgan fingerprint density at radius 3 is 2.64 bits per heavy atom. The Kier molecular flexibility index (Phi) is 2.03. The van der Waals surface area contributed by atoms with Gasteiger partial charge in [0.2, 0.25) is 0 Å². The second-order valence-corrected chi connectivity index (χ2v) is 3.43. The molecule has 1 aliphatic heterocycles. The largest absolute Gasteiger partial charge is 0.376 e. The zero-order valence-corrected chi connectivity index (χ0v) is 8.24. The summed E-state index contributed by atoms with van der Waals surface area (Å²) in [6, 6.07) is 0. The second kappa shape index (κ2) is 3.09. The SMILES string of the molecule is Cn1c2c(c(=O)n(C)c1=O)COCC2. The second-order valence-electron chi connectivity index (χ2n) is 3.43. The molecule has 0 saturated carbocycles. The molecular weight excluding hydrogens is 184 g/mol. The van der Waals surface area contributed by atoms with Crippen molar-refractivity contribution >= 4 is 0 Å². The van der Waals surface area contributed by atoms with Gasteiger partial charge in [-0.3, -0.25) is 9.36 Å². The van der Waals surface area contributed by atoms with Crippen LogP contribution in [0.5, 0.6) is 0 Å². The number of hydrogen-bond donors (Lipinski definition) is 0. The number of fused-ring (bicyclic) bond motifs is 1. The number of aromatic nitrogens is 2. The predicted molar refractivity (Wildman–Crippen MR) is 50.3 cm³/mol. The molecule has 1 aromatic heterocycles. The summed E-state index contributed by atoms with van der Waals surface area (Å²) >= 11 is 0. The third kappa shape index (κ3) is 1.13. The summed E-state index contributed by atoms with van der Waals surface area (Å²) in [5, 5.41) is 0. The first-order chi connectivity index (χ1) is 6.63. The topological polar surface area (TPSA) is 53.2 Å². The summed E-state index contributed by atoms with van der Waals surface area (Å²) in [5.74, 6) is 0. The summed E-state index contributed by atoms with van der Waals surface area (Å²) in [6.45, 7) is 0.892. The van der Waals surface area contributed by atoms with Gasteiger partial charge in [-0.05, 0) is 0 Å². The van der Waals surface area contributed by atoms with Gasteiger partial charge < -0.3 is 9.30 Å². The number of hydrogen-bond acceptors (Lipinski definition) is 3. The molecule has 0 bridgehead atoms. The molecule has 76 valence electrons. The van der Waals surface area contributed by atoms with Gasteiger partial charge in [-0.15, -0.1) is 0 Å². The van der Waals surface area contributed by atoms with Crippen LogP contribution in [0.1, 0.15) is 11.3 Å². The van der Waals surface area contributed by atoms with E-state index in [0.717, 1.165) is 10.3 Å². The Morgan fingerprint density at radius 1 is 1.21 bits per heavy atom. The Bertz CT molecular complexity index is 484. The molecule has 2 heterocycles. The fraction of sp³-hybridized carbons (Fsp3) is 0.556. The van der Waals surface area contributed by atoms with Gasteiger partial charge in [0.15, 0.2) is 0 Å². The summed E-state index contributed by atoms with van der Waals surface area (Å²) in [7, 11) is 3.17. The van der Waals surface area contributed by atoms with Crippen molar-refractivity contribution in [2.45, 2.75) is 13.0 Å². The van der Waals surface area contributed by atoms with Crippen molar-refractivity contribution in [3.05, 3.63) is 32.1 Å². The van der Waals surface area contributed by atoms with Crippen molar-refractivity contribution in [1.29, 1.82) is 0 Å². The molecule has 0 aromatic carbocycles. The number of nitrogens with zero attached hydrogens (tertiary/aromatic N) is 2. The van der Waals surface area contributed by atoms with Crippen molar-refractivity contribution in [1.82, 2.24) is 9.13 Å². The minimum absolute atomic E-state index is 0.234. The molecule has 0 atom stereocenters. The van der Waals surface area contributed by atoms with E-state index in [0.29, 0.717) is 25.2 Å². The maximum absolute atomic E-state index is 11.7. The molecule has 0 fully saturated rings. The minimum Gasteiger partial charge on any atom is -0.376 e. The van der Waals surface area contributed by atoms with Gasteiger partial charge in [-0.25, -0.2) is 4.79 Å². The van der Waals surface area contributed by atoms with Gasteiger partial charge in [0.05, 0.1) is 18.8 Å². The third-order valence-electron chi connectivity index (χ3n) is 2.62. The van der Waals surface area contributed by atoms with E-state index in [1.165, 1.54) is 11.6 Å². The first-order valence-corrected chi connectivity index (χ1v) is 4.48. The van der Waals surface area contributed by atoms with Gasteiger partial charge in [0, 0.05) is 26.2 Å². The molecule has 5 nitrogen and oxygen atoms in total.